The number of carbonyl (C=O) groups excluding carboxylic acids is 2. The first-order valence-corrected chi connectivity index (χ1v) is 7.41. The number of Topliss-reactive ketones (excluding diaryl/α,β-unsaturated/α-hetero) is 1. The van der Waals surface area contributed by atoms with Crippen molar-refractivity contribution >= 4 is 17.8 Å². The molecule has 3 nitrogen and oxygen atoms in total. The Morgan fingerprint density at radius 2 is 1.74 bits per heavy atom. The second-order valence-electron chi connectivity index (χ2n) is 5.36. The van der Waals surface area contributed by atoms with Gasteiger partial charge in [0, 0.05) is 5.56 Å². The first-order valence-electron chi connectivity index (χ1n) is 7.41. The van der Waals surface area contributed by atoms with E-state index in [4.69, 9.17) is 4.74 Å². The molecule has 0 radical (unpaired) electrons. The summed E-state index contributed by atoms with van der Waals surface area (Å²) in [5, 5.41) is 0. The monoisotopic (exact) mass is 304 g/mol. The van der Waals surface area contributed by atoms with Gasteiger partial charge in [0.25, 0.3) is 0 Å². The van der Waals surface area contributed by atoms with Gasteiger partial charge in [0.2, 0.25) is 0 Å². The van der Waals surface area contributed by atoms with Crippen molar-refractivity contribution in [1.29, 1.82) is 0 Å². The number of fused-ring (bicyclic) bond motifs is 1. The standard InChI is InChI=1S/C20H16O3/c1-14(21)19-16-11-5-6-13-18(16)23-20(22)17(19)12-7-10-15-8-3-2-4-9-15/h2-13,19H,1H3/b10-7?,17-12+. The highest BCUT2D eigenvalue weighted by atomic mass is 16.5. The van der Waals surface area contributed by atoms with Crippen molar-refractivity contribution in [3.8, 4) is 5.75 Å². The number of hydrogen-bond acceptors (Lipinski definition) is 3. The SMILES string of the molecule is CC(=O)C1/C(=C\C=Cc2ccccc2)C(=O)Oc2ccccc21. The molecule has 0 aliphatic carbocycles. The lowest BCUT2D eigenvalue weighted by Crippen LogP contribution is -2.27. The molecule has 0 N–H and O–H groups in total. The average molecular weight is 304 g/mol. The maximum absolute atomic E-state index is 12.2. The van der Waals surface area contributed by atoms with Gasteiger partial charge >= 0.3 is 5.97 Å². The molecule has 114 valence electrons. The Labute approximate surface area is 134 Å². The van der Waals surface area contributed by atoms with Crippen LogP contribution in [0.5, 0.6) is 5.75 Å². The van der Waals surface area contributed by atoms with Gasteiger partial charge in [-0.3, -0.25) is 4.79 Å². The van der Waals surface area contributed by atoms with E-state index < -0.39 is 11.9 Å². The van der Waals surface area contributed by atoms with Crippen LogP contribution in [0.25, 0.3) is 6.08 Å². The number of allylic oxidation sites excluding steroid dienone is 2. The molecular weight excluding hydrogens is 288 g/mol. The van der Waals surface area contributed by atoms with Gasteiger partial charge in [0.05, 0.1) is 11.5 Å². The zero-order valence-corrected chi connectivity index (χ0v) is 12.7. The molecule has 23 heavy (non-hydrogen) atoms. The van der Waals surface area contributed by atoms with E-state index in [1.807, 2.05) is 48.5 Å². The summed E-state index contributed by atoms with van der Waals surface area (Å²) in [6, 6.07) is 16.9. The topological polar surface area (TPSA) is 43.4 Å². The average Bonchev–Trinajstić information content (AvgIpc) is 2.55. The summed E-state index contributed by atoms with van der Waals surface area (Å²) in [6.45, 7) is 1.49. The number of ether oxygens (including phenoxy) is 1. The van der Waals surface area contributed by atoms with E-state index in [2.05, 4.69) is 0 Å². The molecular formula is C20H16O3. The lowest BCUT2D eigenvalue weighted by molar-refractivity contribution is -0.133. The van der Waals surface area contributed by atoms with Crippen LogP contribution in [0.4, 0.5) is 0 Å². The molecule has 0 saturated carbocycles. The third kappa shape index (κ3) is 3.14. The molecule has 0 saturated heterocycles. The highest BCUT2D eigenvalue weighted by molar-refractivity contribution is 6.04. The smallest absolute Gasteiger partial charge is 0.340 e. The fraction of sp³-hybridized carbons (Fsp3) is 0.100. The molecule has 2 aromatic carbocycles. The molecule has 3 heteroatoms. The fourth-order valence-corrected chi connectivity index (χ4v) is 2.69. The Hall–Kier alpha value is -2.94. The van der Waals surface area contributed by atoms with Gasteiger partial charge in [-0.1, -0.05) is 66.8 Å². The number of hydrogen-bond donors (Lipinski definition) is 0. The number of rotatable bonds is 3. The summed E-state index contributed by atoms with van der Waals surface area (Å²) in [5.74, 6) is -0.662. The summed E-state index contributed by atoms with van der Waals surface area (Å²) >= 11 is 0. The molecule has 3 rings (SSSR count). The Balaban J connectivity index is 1.97. The summed E-state index contributed by atoms with van der Waals surface area (Å²) in [5.41, 5.74) is 2.12. The molecule has 0 fully saturated rings. The minimum atomic E-state index is -0.576. The van der Waals surface area contributed by atoms with Crippen LogP contribution in [-0.4, -0.2) is 11.8 Å². The molecule has 0 spiro atoms. The zero-order valence-electron chi connectivity index (χ0n) is 12.7. The van der Waals surface area contributed by atoms with Crippen LogP contribution in [0, 0.1) is 0 Å². The van der Waals surface area contributed by atoms with Gasteiger partial charge in [-0.05, 0) is 18.6 Å². The van der Waals surface area contributed by atoms with Crippen LogP contribution in [0.3, 0.4) is 0 Å². The zero-order chi connectivity index (χ0) is 16.2. The Bertz CT molecular complexity index is 801. The van der Waals surface area contributed by atoms with E-state index >= 15 is 0 Å². The third-order valence-electron chi connectivity index (χ3n) is 3.75. The molecule has 0 amide bonds. The molecule has 1 aliphatic rings. The minimum absolute atomic E-state index is 0.0755. The van der Waals surface area contributed by atoms with Crippen molar-refractivity contribution in [2.45, 2.75) is 12.8 Å². The van der Waals surface area contributed by atoms with Crippen LogP contribution in [0.15, 0.2) is 72.3 Å². The van der Waals surface area contributed by atoms with Crippen LogP contribution >= 0.6 is 0 Å². The fourth-order valence-electron chi connectivity index (χ4n) is 2.69. The molecule has 1 heterocycles. The Morgan fingerprint density at radius 3 is 2.48 bits per heavy atom. The van der Waals surface area contributed by atoms with E-state index in [1.54, 1.807) is 24.3 Å². The Kier molecular flexibility index (Phi) is 4.20. The molecule has 2 aromatic rings. The van der Waals surface area contributed by atoms with E-state index in [-0.39, 0.29) is 5.78 Å². The van der Waals surface area contributed by atoms with E-state index in [0.717, 1.165) is 11.1 Å². The normalized spacial score (nSPS) is 18.7. The van der Waals surface area contributed by atoms with Crippen LogP contribution in [0.2, 0.25) is 0 Å². The summed E-state index contributed by atoms with van der Waals surface area (Å²) in [6.07, 6.45) is 5.32. The van der Waals surface area contributed by atoms with Crippen LogP contribution in [-0.2, 0) is 9.59 Å². The first kappa shape index (κ1) is 15.0. The predicted molar refractivity (Wildman–Crippen MR) is 89.1 cm³/mol. The van der Waals surface area contributed by atoms with Crippen molar-refractivity contribution in [3.63, 3.8) is 0 Å². The van der Waals surface area contributed by atoms with Gasteiger partial charge in [-0.2, -0.15) is 0 Å². The van der Waals surface area contributed by atoms with E-state index in [1.165, 1.54) is 6.92 Å². The van der Waals surface area contributed by atoms with Gasteiger partial charge in [0.1, 0.15) is 11.5 Å². The predicted octanol–water partition coefficient (Wildman–Crippen LogP) is 3.92. The van der Waals surface area contributed by atoms with Gasteiger partial charge in [-0.25, -0.2) is 4.79 Å². The maximum atomic E-state index is 12.2. The molecule has 1 atom stereocenters. The van der Waals surface area contributed by atoms with Crippen molar-refractivity contribution in [2.24, 2.45) is 0 Å². The molecule has 1 aliphatic heterocycles. The van der Waals surface area contributed by atoms with Crippen molar-refractivity contribution in [2.75, 3.05) is 0 Å². The number of ketones is 1. The second-order valence-corrected chi connectivity index (χ2v) is 5.36. The number of carbonyl (C=O) groups is 2. The lowest BCUT2D eigenvalue weighted by Gasteiger charge is -2.24. The lowest BCUT2D eigenvalue weighted by atomic mass is 9.85. The van der Waals surface area contributed by atoms with Gasteiger partial charge in [-0.15, -0.1) is 0 Å². The molecule has 1 unspecified atom stereocenters. The summed E-state index contributed by atoms with van der Waals surface area (Å²) in [4.78, 5) is 24.3. The number of benzene rings is 2. The number of esters is 1. The van der Waals surface area contributed by atoms with Crippen molar-refractivity contribution < 1.29 is 14.3 Å². The van der Waals surface area contributed by atoms with E-state index in [0.29, 0.717) is 11.3 Å². The van der Waals surface area contributed by atoms with E-state index in [9.17, 15) is 9.59 Å². The van der Waals surface area contributed by atoms with Crippen molar-refractivity contribution in [1.82, 2.24) is 0 Å². The quantitative estimate of drug-likeness (QED) is 0.490. The number of para-hydroxylation sites is 1. The highest BCUT2D eigenvalue weighted by Gasteiger charge is 2.34. The minimum Gasteiger partial charge on any atom is -0.423 e. The molecule has 0 bridgehead atoms. The van der Waals surface area contributed by atoms with Gasteiger partial charge < -0.3 is 4.74 Å². The third-order valence-corrected chi connectivity index (χ3v) is 3.75. The highest BCUT2D eigenvalue weighted by Crippen LogP contribution is 2.37. The summed E-state index contributed by atoms with van der Waals surface area (Å²) in [7, 11) is 0. The second kappa shape index (κ2) is 6.44. The van der Waals surface area contributed by atoms with Crippen LogP contribution in [0.1, 0.15) is 24.0 Å². The molecule has 0 aromatic heterocycles. The van der Waals surface area contributed by atoms with Crippen molar-refractivity contribution in [3.05, 3.63) is 83.4 Å². The van der Waals surface area contributed by atoms with Crippen LogP contribution < -0.4 is 4.74 Å². The Morgan fingerprint density at radius 1 is 1.04 bits per heavy atom. The summed E-state index contributed by atoms with van der Waals surface area (Å²) < 4.78 is 5.33. The van der Waals surface area contributed by atoms with Gasteiger partial charge in [0.15, 0.2) is 0 Å². The largest absolute Gasteiger partial charge is 0.423 e. The first-order chi connectivity index (χ1) is 11.2. The maximum Gasteiger partial charge on any atom is 0.340 e.